The molecule has 0 radical (unpaired) electrons. The molecule has 1 aromatic heterocycles. The van der Waals surface area contributed by atoms with Gasteiger partial charge in [0.05, 0.1) is 12.2 Å². The number of aromatic nitrogens is 2. The number of hydrogen-bond acceptors (Lipinski definition) is 3. The van der Waals surface area contributed by atoms with Crippen molar-refractivity contribution in [2.75, 3.05) is 7.05 Å². The highest BCUT2D eigenvalue weighted by Crippen LogP contribution is 2.33. The van der Waals surface area contributed by atoms with Crippen molar-refractivity contribution in [1.29, 1.82) is 0 Å². The zero-order valence-corrected chi connectivity index (χ0v) is 11.4. The number of aromatic amines is 1. The van der Waals surface area contributed by atoms with Crippen LogP contribution >= 0.6 is 0 Å². The molecule has 1 amide bonds. The van der Waals surface area contributed by atoms with E-state index in [1.165, 1.54) is 25.7 Å². The molecule has 3 unspecified atom stereocenters. The van der Waals surface area contributed by atoms with E-state index in [-0.39, 0.29) is 11.9 Å². The number of carbonyl (C=O) groups excluding carboxylic acids is 1. The van der Waals surface area contributed by atoms with Gasteiger partial charge < -0.3 is 10.2 Å². The molecule has 0 bridgehead atoms. The first-order valence-electron chi connectivity index (χ1n) is 7.22. The van der Waals surface area contributed by atoms with Crippen molar-refractivity contribution < 1.29 is 4.79 Å². The van der Waals surface area contributed by atoms with Gasteiger partial charge in [0.1, 0.15) is 0 Å². The summed E-state index contributed by atoms with van der Waals surface area (Å²) in [7, 11) is 1.87. The van der Waals surface area contributed by atoms with Gasteiger partial charge in [-0.05, 0) is 25.2 Å². The Morgan fingerprint density at radius 1 is 1.47 bits per heavy atom. The molecule has 1 aliphatic carbocycles. The monoisotopic (exact) mass is 262 g/mol. The molecule has 3 atom stereocenters. The third kappa shape index (κ3) is 2.66. The standard InChI is InChI=1S/C14H22N4O/c1-18(9-10-7-15-16-8-10)14(19)13-6-11-4-2-3-5-12(11)17-13/h7-8,11-13,17H,2-6,9H2,1H3,(H,15,16). The summed E-state index contributed by atoms with van der Waals surface area (Å²) < 4.78 is 0. The molecule has 3 rings (SSSR count). The first-order chi connectivity index (χ1) is 9.24. The van der Waals surface area contributed by atoms with E-state index >= 15 is 0 Å². The van der Waals surface area contributed by atoms with Crippen LogP contribution in [0.15, 0.2) is 12.4 Å². The molecule has 2 heterocycles. The maximum atomic E-state index is 12.4. The summed E-state index contributed by atoms with van der Waals surface area (Å²) >= 11 is 0. The smallest absolute Gasteiger partial charge is 0.239 e. The number of nitrogens with zero attached hydrogens (tertiary/aromatic N) is 2. The normalized spacial score (nSPS) is 30.1. The Morgan fingerprint density at radius 3 is 3.05 bits per heavy atom. The van der Waals surface area contributed by atoms with Gasteiger partial charge in [0.2, 0.25) is 5.91 Å². The van der Waals surface area contributed by atoms with Crippen LogP contribution in [-0.4, -0.2) is 40.1 Å². The van der Waals surface area contributed by atoms with Gasteiger partial charge in [-0.15, -0.1) is 0 Å². The Bertz CT molecular complexity index is 417. The first-order valence-corrected chi connectivity index (χ1v) is 7.22. The van der Waals surface area contributed by atoms with Crippen LogP contribution in [0.3, 0.4) is 0 Å². The summed E-state index contributed by atoms with van der Waals surface area (Å²) in [5, 5.41) is 10.2. The molecular weight excluding hydrogens is 240 g/mol. The predicted octanol–water partition coefficient (Wildman–Crippen LogP) is 1.29. The van der Waals surface area contributed by atoms with Crippen LogP contribution in [-0.2, 0) is 11.3 Å². The Morgan fingerprint density at radius 2 is 2.32 bits per heavy atom. The second-order valence-corrected chi connectivity index (χ2v) is 5.91. The molecular formula is C14H22N4O. The van der Waals surface area contributed by atoms with Crippen molar-refractivity contribution >= 4 is 5.91 Å². The first kappa shape index (κ1) is 12.7. The lowest BCUT2D eigenvalue weighted by Gasteiger charge is -2.24. The average Bonchev–Trinajstić information content (AvgIpc) is 3.05. The maximum absolute atomic E-state index is 12.4. The van der Waals surface area contributed by atoms with Gasteiger partial charge >= 0.3 is 0 Å². The van der Waals surface area contributed by atoms with Gasteiger partial charge in [-0.25, -0.2) is 0 Å². The fraction of sp³-hybridized carbons (Fsp3) is 0.714. The zero-order chi connectivity index (χ0) is 13.2. The Labute approximate surface area is 113 Å². The summed E-state index contributed by atoms with van der Waals surface area (Å²) in [5.74, 6) is 0.931. The molecule has 1 aromatic rings. The highest BCUT2D eigenvalue weighted by Gasteiger charge is 2.39. The van der Waals surface area contributed by atoms with Crippen molar-refractivity contribution in [2.24, 2.45) is 5.92 Å². The third-order valence-corrected chi connectivity index (χ3v) is 4.51. The van der Waals surface area contributed by atoms with Gasteiger partial charge in [-0.1, -0.05) is 12.8 Å². The van der Waals surface area contributed by atoms with E-state index in [0.29, 0.717) is 18.5 Å². The Hall–Kier alpha value is -1.36. The Balaban J connectivity index is 1.58. The molecule has 1 saturated carbocycles. The minimum Gasteiger partial charge on any atom is -0.340 e. The van der Waals surface area contributed by atoms with E-state index < -0.39 is 0 Å². The summed E-state index contributed by atoms with van der Waals surface area (Å²) in [6.07, 6.45) is 9.78. The molecule has 5 heteroatoms. The number of fused-ring (bicyclic) bond motifs is 1. The van der Waals surface area contributed by atoms with Crippen LogP contribution in [0.25, 0.3) is 0 Å². The van der Waals surface area contributed by atoms with E-state index in [1.54, 1.807) is 11.1 Å². The van der Waals surface area contributed by atoms with E-state index in [1.807, 2.05) is 13.2 Å². The Kier molecular flexibility index (Phi) is 3.55. The van der Waals surface area contributed by atoms with Crippen molar-refractivity contribution in [1.82, 2.24) is 20.4 Å². The molecule has 1 aliphatic heterocycles. The lowest BCUT2D eigenvalue weighted by atomic mass is 9.85. The fourth-order valence-corrected chi connectivity index (χ4v) is 3.49. The van der Waals surface area contributed by atoms with Crippen LogP contribution in [0.5, 0.6) is 0 Å². The van der Waals surface area contributed by atoms with Crippen molar-refractivity contribution in [3.63, 3.8) is 0 Å². The van der Waals surface area contributed by atoms with Crippen molar-refractivity contribution in [3.05, 3.63) is 18.0 Å². The molecule has 19 heavy (non-hydrogen) atoms. The minimum atomic E-state index is 0.0185. The van der Waals surface area contributed by atoms with Crippen LogP contribution in [0.2, 0.25) is 0 Å². The van der Waals surface area contributed by atoms with E-state index in [2.05, 4.69) is 15.5 Å². The number of rotatable bonds is 3. The van der Waals surface area contributed by atoms with E-state index in [4.69, 9.17) is 0 Å². The number of carbonyl (C=O) groups is 1. The summed E-state index contributed by atoms with van der Waals surface area (Å²) in [6.45, 7) is 0.628. The summed E-state index contributed by atoms with van der Waals surface area (Å²) in [5.41, 5.74) is 1.05. The predicted molar refractivity (Wildman–Crippen MR) is 72.3 cm³/mol. The van der Waals surface area contributed by atoms with Gasteiger partial charge in [0, 0.05) is 31.4 Å². The summed E-state index contributed by atoms with van der Waals surface area (Å²) in [4.78, 5) is 14.3. The molecule has 1 saturated heterocycles. The van der Waals surface area contributed by atoms with Crippen LogP contribution in [0.4, 0.5) is 0 Å². The van der Waals surface area contributed by atoms with Gasteiger partial charge in [-0.2, -0.15) is 5.10 Å². The van der Waals surface area contributed by atoms with Gasteiger partial charge in [0.25, 0.3) is 0 Å². The molecule has 0 aromatic carbocycles. The van der Waals surface area contributed by atoms with Crippen LogP contribution in [0.1, 0.15) is 37.7 Å². The number of likely N-dealkylation sites (N-methyl/N-ethyl adjacent to an activating group) is 1. The highest BCUT2D eigenvalue weighted by molar-refractivity contribution is 5.82. The van der Waals surface area contributed by atoms with E-state index in [9.17, 15) is 4.79 Å². The minimum absolute atomic E-state index is 0.0185. The van der Waals surface area contributed by atoms with Crippen molar-refractivity contribution in [2.45, 2.75) is 50.7 Å². The van der Waals surface area contributed by atoms with Gasteiger partial charge in [0.15, 0.2) is 0 Å². The lowest BCUT2D eigenvalue weighted by Crippen LogP contribution is -2.43. The van der Waals surface area contributed by atoms with E-state index in [0.717, 1.165) is 12.0 Å². The highest BCUT2D eigenvalue weighted by atomic mass is 16.2. The fourth-order valence-electron chi connectivity index (χ4n) is 3.49. The van der Waals surface area contributed by atoms with Crippen LogP contribution < -0.4 is 5.32 Å². The quantitative estimate of drug-likeness (QED) is 0.863. The summed E-state index contributed by atoms with van der Waals surface area (Å²) in [6, 6.07) is 0.593. The second-order valence-electron chi connectivity index (χ2n) is 5.91. The SMILES string of the molecule is CN(Cc1cn[nH]c1)C(=O)C1CC2CCCCC2N1. The topological polar surface area (TPSA) is 61.0 Å². The number of nitrogens with one attached hydrogen (secondary N) is 2. The lowest BCUT2D eigenvalue weighted by molar-refractivity contribution is -0.132. The number of H-pyrrole nitrogens is 1. The van der Waals surface area contributed by atoms with Crippen molar-refractivity contribution in [3.8, 4) is 0 Å². The molecule has 2 aliphatic rings. The third-order valence-electron chi connectivity index (χ3n) is 4.51. The largest absolute Gasteiger partial charge is 0.340 e. The molecule has 5 nitrogen and oxygen atoms in total. The molecule has 0 spiro atoms. The molecule has 2 fully saturated rings. The number of hydrogen-bond donors (Lipinski definition) is 2. The maximum Gasteiger partial charge on any atom is 0.239 e. The van der Waals surface area contributed by atoms with Gasteiger partial charge in [-0.3, -0.25) is 9.89 Å². The number of amides is 1. The second kappa shape index (κ2) is 5.33. The van der Waals surface area contributed by atoms with Crippen LogP contribution in [0, 0.1) is 5.92 Å². The molecule has 104 valence electrons. The zero-order valence-electron chi connectivity index (χ0n) is 11.4. The average molecular weight is 262 g/mol. The molecule has 2 N–H and O–H groups in total.